The number of carbonyl (C=O) groups is 3. The molecule has 10 atom stereocenters. The first-order valence-electron chi connectivity index (χ1n) is 27.5. The molecule has 0 bridgehead atoms. The number of carbonyl (C=O) groups excluding carboxylic acids is 3. The molecule has 4 aliphatic rings. The number of nitrogens with one attached hydrogen (secondary N) is 2. The van der Waals surface area contributed by atoms with Gasteiger partial charge in [-0.3, -0.25) is 37.1 Å². The first-order chi connectivity index (χ1) is 41.5. The summed E-state index contributed by atoms with van der Waals surface area (Å²) in [5.41, 5.74) is 19.0. The topological polar surface area (TPSA) is 325 Å². The molecule has 0 spiro atoms. The Morgan fingerprint density at radius 3 is 2.22 bits per heavy atom. The van der Waals surface area contributed by atoms with E-state index in [4.69, 9.17) is 46.6 Å². The Kier molecular flexibility index (Phi) is 16.9. The van der Waals surface area contributed by atoms with Gasteiger partial charge in [0.05, 0.1) is 56.0 Å². The number of amides is 3. The van der Waals surface area contributed by atoms with Crippen LogP contribution in [0.5, 0.6) is 0 Å². The first-order valence-corrected chi connectivity index (χ1v) is 32.2. The van der Waals surface area contributed by atoms with Crippen LogP contribution in [-0.2, 0) is 69.9 Å². The Morgan fingerprint density at radius 1 is 0.779 bits per heavy atom. The van der Waals surface area contributed by atoms with Gasteiger partial charge in [0.25, 0.3) is 7.47 Å². The number of ether oxygens (including phenoxy) is 2. The third-order valence-corrected chi connectivity index (χ3v) is 19.7. The van der Waals surface area contributed by atoms with Gasteiger partial charge in [-0.1, -0.05) is 73.2 Å². The van der Waals surface area contributed by atoms with Crippen molar-refractivity contribution in [3.05, 3.63) is 115 Å². The standard InChI is InChI=1S/C54H56BF2N15O11P2S/c1-2-41(75)69-23-31-10-5-6-11-33(31)47-44(34-12-7-8-13-36(34)69)67-68-72(47)21-9-3-4-14-39(73)61-22-40(74)66-32-17-15-30(16-18-32)26-86-85(77)79-25-38-48(42(56)53(81-38)71-29-65-46-50(59)62-27-63-52(46)71)82-84(55,76)78-24-37-49(83-85)43(57)54(80-37)70-28-64-45-35(58)19-20-60-51(45)70/h5-8,10-13,15-20,27-29,37-38,42-43,48-49,53-54H,2-4,9,14,21-26H2,1H3,(H2,58,60)(H,61,73)(H,66,74)(H2,59,62,63)/t37-,38-,42-,43-,48-,49-,53-,54-,84+,85+/m1/s1. The number of fused-ring (bicyclic) bond motifs is 9. The summed E-state index contributed by atoms with van der Waals surface area (Å²) in [5.74, 6) is -0.833. The van der Waals surface area contributed by atoms with Crippen molar-refractivity contribution in [3.63, 3.8) is 0 Å². The maximum absolute atomic E-state index is 17.0. The van der Waals surface area contributed by atoms with Gasteiger partial charge in [0.1, 0.15) is 47.5 Å². The smallest absolute Gasteiger partial charge is 0.389 e. The molecule has 4 aliphatic heterocycles. The zero-order valence-corrected chi connectivity index (χ0v) is 48.5. The van der Waals surface area contributed by atoms with Crippen LogP contribution in [0.3, 0.4) is 0 Å². The van der Waals surface area contributed by atoms with Gasteiger partial charge in [-0.05, 0) is 59.6 Å². The van der Waals surface area contributed by atoms with Crippen molar-refractivity contribution in [2.75, 3.05) is 41.4 Å². The van der Waals surface area contributed by atoms with Crippen molar-refractivity contribution >= 4 is 96.1 Å². The molecule has 32 heteroatoms. The van der Waals surface area contributed by atoms with E-state index in [-0.39, 0.29) is 64.4 Å². The van der Waals surface area contributed by atoms with Gasteiger partial charge in [0.15, 0.2) is 41.9 Å². The van der Waals surface area contributed by atoms with Crippen molar-refractivity contribution in [2.24, 2.45) is 0 Å². The number of nitrogens with zero attached hydrogens (tertiary/aromatic N) is 11. The van der Waals surface area contributed by atoms with Crippen molar-refractivity contribution < 1.29 is 59.9 Å². The Bertz CT molecular complexity index is 3960. The maximum atomic E-state index is 17.0. The number of para-hydroxylation sites is 1. The molecule has 6 N–H and O–H groups in total. The van der Waals surface area contributed by atoms with Crippen LogP contribution in [0.2, 0.25) is 0 Å². The molecule has 3 amide bonds. The molecule has 3 saturated heterocycles. The highest BCUT2D eigenvalue weighted by Crippen LogP contribution is 2.65. The number of rotatable bonds is 15. The number of benzene rings is 3. The summed E-state index contributed by atoms with van der Waals surface area (Å²) in [4.78, 5) is 61.8. The number of nitrogen functional groups attached to an aromatic ring is 2. The van der Waals surface area contributed by atoms with Crippen LogP contribution in [-0.4, -0.2) is 131 Å². The van der Waals surface area contributed by atoms with Crippen LogP contribution in [0.15, 0.2) is 104 Å². The summed E-state index contributed by atoms with van der Waals surface area (Å²) in [7, 11) is 1.33. The average molecular weight is 1230 g/mol. The minimum atomic E-state index is -4.72. The zero-order valence-electron chi connectivity index (χ0n) is 45.9. The van der Waals surface area contributed by atoms with E-state index in [2.05, 4.69) is 45.9 Å². The molecule has 2 radical (unpaired) electrons. The van der Waals surface area contributed by atoms with Crippen LogP contribution in [0, 0.1) is 0 Å². The third kappa shape index (κ3) is 12.0. The fourth-order valence-electron chi connectivity index (χ4n) is 10.8. The van der Waals surface area contributed by atoms with Crippen LogP contribution in [0.25, 0.3) is 44.8 Å². The second-order valence-corrected chi connectivity index (χ2v) is 26.2. The van der Waals surface area contributed by atoms with E-state index >= 15 is 13.3 Å². The van der Waals surface area contributed by atoms with Crippen molar-refractivity contribution in [1.82, 2.24) is 54.4 Å². The molecule has 0 saturated carbocycles. The Morgan fingerprint density at radius 2 is 1.47 bits per heavy atom. The molecule has 3 aromatic carbocycles. The lowest BCUT2D eigenvalue weighted by Gasteiger charge is -2.30. The average Bonchev–Trinajstić information content (AvgIpc) is 2.46. The third-order valence-electron chi connectivity index (χ3n) is 15.0. The van der Waals surface area contributed by atoms with Gasteiger partial charge in [-0.15, -0.1) is 5.10 Å². The number of halogens is 2. The number of hydrogen-bond donors (Lipinski definition) is 4. The quantitative estimate of drug-likeness (QED) is 0.0437. The molecule has 8 aromatic rings. The summed E-state index contributed by atoms with van der Waals surface area (Å²) >= 11 is 0.669. The lowest BCUT2D eigenvalue weighted by atomic mass is 9.95. The molecule has 0 unspecified atom stereocenters. The van der Waals surface area contributed by atoms with Crippen molar-refractivity contribution in [1.29, 1.82) is 0 Å². The van der Waals surface area contributed by atoms with E-state index < -0.39 is 82.6 Å². The monoisotopic (exact) mass is 1230 g/mol. The number of imidazole rings is 2. The molecule has 3 fully saturated rings. The maximum Gasteiger partial charge on any atom is 0.389 e. The Labute approximate surface area is 494 Å². The van der Waals surface area contributed by atoms with Gasteiger partial charge in [0.2, 0.25) is 25.3 Å². The number of pyridine rings is 1. The predicted octanol–water partition coefficient (Wildman–Crippen LogP) is 7.54. The molecule has 12 rings (SSSR count). The summed E-state index contributed by atoms with van der Waals surface area (Å²) in [6, 6.07) is 23.7. The lowest BCUT2D eigenvalue weighted by molar-refractivity contribution is -0.124. The van der Waals surface area contributed by atoms with E-state index in [0.717, 1.165) is 34.4 Å². The highest BCUT2D eigenvalue weighted by Gasteiger charge is 2.55. The minimum Gasteiger partial charge on any atom is -0.397 e. The molecule has 0 aliphatic carbocycles. The van der Waals surface area contributed by atoms with E-state index in [1.165, 1.54) is 34.1 Å². The summed E-state index contributed by atoms with van der Waals surface area (Å²) in [6.45, 7) is -3.58. The molecule has 446 valence electrons. The lowest BCUT2D eigenvalue weighted by Crippen LogP contribution is -2.37. The number of aryl methyl sites for hydroxylation is 1. The number of alkyl halides is 2. The summed E-state index contributed by atoms with van der Waals surface area (Å²) in [5, 5.41) is 14.6. The van der Waals surface area contributed by atoms with Crippen LogP contribution < -0.4 is 27.0 Å². The van der Waals surface area contributed by atoms with E-state index in [1.54, 1.807) is 29.2 Å². The number of aromatic nitrogens is 10. The molecule has 5 aromatic heterocycles. The van der Waals surface area contributed by atoms with Crippen LogP contribution in [0.1, 0.15) is 62.6 Å². The fourth-order valence-corrected chi connectivity index (χ4v) is 15.2. The minimum absolute atomic E-state index is 0.00678. The van der Waals surface area contributed by atoms with Crippen LogP contribution >= 0.6 is 25.7 Å². The summed E-state index contributed by atoms with van der Waals surface area (Å²) < 4.78 is 103. The first kappa shape index (κ1) is 58.8. The fraction of sp³-hybridized carbons (Fsp3) is 0.370. The number of nitrogens with two attached hydrogens (primary N) is 2. The SMILES string of the molecule is [B][P@]1(=O)OC[C@H]2O[C@@H](n3cnc4c(N)ccnc43)[C@H](F)[C@@H]2O[P@@](=O)(SCc2ccc(NC(=O)CNC(=O)CCCCCn3nnc4c3-c3ccccc3CN(C(=O)CC)c3ccccc3-4)cc2)OC[C@H]2O[C@@H](n3cnc4c(N)ncnc43)[C@H](F)[C@@H]2O1. The summed E-state index contributed by atoms with van der Waals surface area (Å²) in [6.07, 6.45) is -6.27. The van der Waals surface area contributed by atoms with Gasteiger partial charge >= 0.3 is 6.80 Å². The highest BCUT2D eigenvalue weighted by molar-refractivity contribution is 8.54. The molecular weight excluding hydrogens is 1180 g/mol. The predicted molar refractivity (Wildman–Crippen MR) is 312 cm³/mol. The zero-order chi connectivity index (χ0) is 59.9. The molecule has 9 heterocycles. The second kappa shape index (κ2) is 24.7. The largest absolute Gasteiger partial charge is 0.397 e. The van der Waals surface area contributed by atoms with Gasteiger partial charge < -0.3 is 45.5 Å². The van der Waals surface area contributed by atoms with Gasteiger partial charge in [-0.2, -0.15) is 0 Å². The highest BCUT2D eigenvalue weighted by atomic mass is 32.7. The van der Waals surface area contributed by atoms with Gasteiger partial charge in [-0.25, -0.2) is 42.9 Å². The Hall–Kier alpha value is -7.53. The van der Waals surface area contributed by atoms with E-state index in [1.807, 2.05) is 60.1 Å². The van der Waals surface area contributed by atoms with E-state index in [0.29, 0.717) is 67.1 Å². The number of anilines is 4. The molecule has 86 heavy (non-hydrogen) atoms. The van der Waals surface area contributed by atoms with Crippen molar-refractivity contribution in [3.8, 4) is 22.5 Å². The second-order valence-electron chi connectivity index (χ2n) is 20.7. The van der Waals surface area contributed by atoms with Crippen molar-refractivity contribution in [2.45, 2.75) is 107 Å². The number of unbranched alkanes of at least 4 members (excludes halogenated alkanes) is 2. The van der Waals surface area contributed by atoms with Crippen LogP contribution in [0.4, 0.5) is 31.7 Å². The van der Waals surface area contributed by atoms with Gasteiger partial charge in [0, 0.05) is 48.2 Å². The Balaban J connectivity index is 0.673. The molecular formula is C54H56BF2N15O11P2S. The normalized spacial score (nSPS) is 25.6. The van der Waals surface area contributed by atoms with E-state index in [9.17, 15) is 18.9 Å². The number of hydrogen-bond acceptors (Lipinski definition) is 21. The molecule has 26 nitrogen and oxygen atoms in total.